The summed E-state index contributed by atoms with van der Waals surface area (Å²) in [5.74, 6) is 1.32. The van der Waals surface area contributed by atoms with Gasteiger partial charge in [-0.1, -0.05) is 12.1 Å². The average molecular weight is 288 g/mol. The summed E-state index contributed by atoms with van der Waals surface area (Å²) in [7, 11) is 3.85. The van der Waals surface area contributed by atoms with Crippen molar-refractivity contribution in [2.75, 3.05) is 19.4 Å². The molecule has 0 saturated carbocycles. The first-order valence-electron chi connectivity index (χ1n) is 6.92. The number of benzene rings is 1. The Labute approximate surface area is 125 Å². The van der Waals surface area contributed by atoms with Gasteiger partial charge in [-0.25, -0.2) is 14.4 Å². The fraction of sp³-hybridized carbons (Fsp3) is 0.375. The molecule has 4 nitrogen and oxygen atoms in total. The molecule has 0 radical (unpaired) electrons. The quantitative estimate of drug-likeness (QED) is 0.918. The first-order chi connectivity index (χ1) is 9.94. The van der Waals surface area contributed by atoms with Gasteiger partial charge in [0.25, 0.3) is 0 Å². The van der Waals surface area contributed by atoms with E-state index in [1.165, 1.54) is 0 Å². The lowest BCUT2D eigenvalue weighted by Gasteiger charge is -2.12. The van der Waals surface area contributed by atoms with Crippen molar-refractivity contribution in [1.29, 1.82) is 0 Å². The maximum atomic E-state index is 14.0. The molecule has 5 heteroatoms. The van der Waals surface area contributed by atoms with Gasteiger partial charge < -0.3 is 10.2 Å². The topological polar surface area (TPSA) is 41.0 Å². The highest BCUT2D eigenvalue weighted by Crippen LogP contribution is 2.14. The fourth-order valence-corrected chi connectivity index (χ4v) is 2.17. The van der Waals surface area contributed by atoms with Gasteiger partial charge >= 0.3 is 0 Å². The molecule has 0 bridgehead atoms. The monoisotopic (exact) mass is 288 g/mol. The molecule has 1 heterocycles. The Morgan fingerprint density at radius 2 is 1.90 bits per heavy atom. The van der Waals surface area contributed by atoms with Crippen molar-refractivity contribution in [3.63, 3.8) is 0 Å². The van der Waals surface area contributed by atoms with Gasteiger partial charge in [0.15, 0.2) is 0 Å². The van der Waals surface area contributed by atoms with E-state index in [1.807, 2.05) is 51.0 Å². The molecule has 0 unspecified atom stereocenters. The molecular weight excluding hydrogens is 267 g/mol. The minimum absolute atomic E-state index is 0.168. The molecule has 0 spiro atoms. The van der Waals surface area contributed by atoms with Crippen LogP contribution in [0.15, 0.2) is 24.3 Å². The zero-order valence-corrected chi connectivity index (χ0v) is 12.9. The second kappa shape index (κ2) is 6.63. The van der Waals surface area contributed by atoms with E-state index in [2.05, 4.69) is 15.3 Å². The van der Waals surface area contributed by atoms with Crippen molar-refractivity contribution in [2.45, 2.75) is 26.9 Å². The number of nitrogens with one attached hydrogen (secondary N) is 1. The third-order valence-electron chi connectivity index (χ3n) is 3.04. The summed E-state index contributed by atoms with van der Waals surface area (Å²) < 4.78 is 14.0. The Balaban J connectivity index is 2.05. The lowest BCUT2D eigenvalue weighted by molar-refractivity contribution is 0.392. The Hall–Kier alpha value is -2.01. The van der Waals surface area contributed by atoms with Crippen LogP contribution in [-0.2, 0) is 13.1 Å². The number of anilines is 1. The summed E-state index contributed by atoms with van der Waals surface area (Å²) in [4.78, 5) is 10.5. The maximum Gasteiger partial charge on any atom is 0.130 e. The Bertz CT molecular complexity index is 605. The normalized spacial score (nSPS) is 11.0. The van der Waals surface area contributed by atoms with E-state index in [-0.39, 0.29) is 5.82 Å². The standard InChI is InChI=1S/C16H21FN4/c1-11-7-16(20-12(2)19-11)18-9-13-5-6-14(10-21(3)4)15(17)8-13/h5-8H,9-10H2,1-4H3,(H,18,19,20). The third kappa shape index (κ3) is 4.49. The minimum Gasteiger partial charge on any atom is -0.366 e. The molecule has 0 aliphatic carbocycles. The van der Waals surface area contributed by atoms with Crippen LogP contribution < -0.4 is 5.32 Å². The summed E-state index contributed by atoms with van der Waals surface area (Å²) in [6.45, 7) is 4.92. The van der Waals surface area contributed by atoms with Gasteiger partial charge in [0, 0.05) is 30.4 Å². The lowest BCUT2D eigenvalue weighted by Crippen LogP contribution is -2.12. The van der Waals surface area contributed by atoms with Gasteiger partial charge in [0.2, 0.25) is 0 Å². The molecule has 0 aliphatic rings. The largest absolute Gasteiger partial charge is 0.366 e. The third-order valence-corrected chi connectivity index (χ3v) is 3.04. The Kier molecular flexibility index (Phi) is 4.85. The van der Waals surface area contributed by atoms with Gasteiger partial charge in [-0.3, -0.25) is 0 Å². The molecule has 0 aliphatic heterocycles. The molecule has 1 N–H and O–H groups in total. The highest BCUT2D eigenvalue weighted by Gasteiger charge is 2.05. The highest BCUT2D eigenvalue weighted by atomic mass is 19.1. The molecule has 1 aromatic heterocycles. The van der Waals surface area contributed by atoms with Crippen molar-refractivity contribution in [3.05, 3.63) is 52.7 Å². The van der Waals surface area contributed by atoms with Crippen LogP contribution >= 0.6 is 0 Å². The number of aryl methyl sites for hydroxylation is 2. The van der Waals surface area contributed by atoms with Gasteiger partial charge in [0.1, 0.15) is 17.5 Å². The Morgan fingerprint density at radius 3 is 2.52 bits per heavy atom. The van der Waals surface area contributed by atoms with E-state index in [1.54, 1.807) is 6.07 Å². The van der Waals surface area contributed by atoms with Gasteiger partial charge in [0.05, 0.1) is 0 Å². The number of nitrogens with zero attached hydrogens (tertiary/aromatic N) is 3. The molecular formula is C16H21FN4. The van der Waals surface area contributed by atoms with Crippen LogP contribution in [0.1, 0.15) is 22.6 Å². The Morgan fingerprint density at radius 1 is 1.14 bits per heavy atom. The lowest BCUT2D eigenvalue weighted by atomic mass is 10.1. The summed E-state index contributed by atoms with van der Waals surface area (Å²) >= 11 is 0. The number of hydrogen-bond acceptors (Lipinski definition) is 4. The summed E-state index contributed by atoms with van der Waals surface area (Å²) in [6.07, 6.45) is 0. The van der Waals surface area contributed by atoms with Crippen molar-refractivity contribution in [1.82, 2.24) is 14.9 Å². The SMILES string of the molecule is Cc1cc(NCc2ccc(CN(C)C)c(F)c2)nc(C)n1. The van der Waals surface area contributed by atoms with E-state index >= 15 is 0 Å². The maximum absolute atomic E-state index is 14.0. The van der Waals surface area contributed by atoms with Crippen LogP contribution in [0.3, 0.4) is 0 Å². The molecule has 0 saturated heterocycles. The molecule has 0 fully saturated rings. The van der Waals surface area contributed by atoms with Gasteiger partial charge in [-0.05, 0) is 39.6 Å². The summed E-state index contributed by atoms with van der Waals surface area (Å²) in [5.41, 5.74) is 2.51. The molecule has 112 valence electrons. The predicted molar refractivity (Wildman–Crippen MR) is 82.6 cm³/mol. The highest BCUT2D eigenvalue weighted by molar-refractivity contribution is 5.37. The second-order valence-electron chi connectivity index (χ2n) is 5.46. The van der Waals surface area contributed by atoms with Crippen LogP contribution in [0.5, 0.6) is 0 Å². The first kappa shape index (κ1) is 15.4. The summed E-state index contributed by atoms with van der Waals surface area (Å²) in [5, 5.41) is 3.20. The first-order valence-corrected chi connectivity index (χ1v) is 6.92. The van der Waals surface area contributed by atoms with Crippen LogP contribution in [0, 0.1) is 19.7 Å². The second-order valence-corrected chi connectivity index (χ2v) is 5.46. The van der Waals surface area contributed by atoms with Crippen LogP contribution in [0.2, 0.25) is 0 Å². The minimum atomic E-state index is -0.168. The van der Waals surface area contributed by atoms with Crippen LogP contribution in [0.25, 0.3) is 0 Å². The van der Waals surface area contributed by atoms with Gasteiger partial charge in [-0.15, -0.1) is 0 Å². The van der Waals surface area contributed by atoms with E-state index < -0.39 is 0 Å². The van der Waals surface area contributed by atoms with Crippen molar-refractivity contribution < 1.29 is 4.39 Å². The molecule has 0 atom stereocenters. The average Bonchev–Trinajstić information content (AvgIpc) is 2.38. The number of aromatic nitrogens is 2. The zero-order valence-electron chi connectivity index (χ0n) is 12.9. The molecule has 2 rings (SSSR count). The van der Waals surface area contributed by atoms with E-state index in [9.17, 15) is 4.39 Å². The molecule has 2 aromatic rings. The fourth-order valence-electron chi connectivity index (χ4n) is 2.17. The van der Waals surface area contributed by atoms with E-state index in [4.69, 9.17) is 0 Å². The molecule has 21 heavy (non-hydrogen) atoms. The van der Waals surface area contributed by atoms with Crippen LogP contribution in [-0.4, -0.2) is 29.0 Å². The molecule has 0 amide bonds. The summed E-state index contributed by atoms with van der Waals surface area (Å²) in [6, 6.07) is 7.23. The van der Waals surface area contributed by atoms with Crippen molar-refractivity contribution in [3.8, 4) is 0 Å². The van der Waals surface area contributed by atoms with Crippen LogP contribution in [0.4, 0.5) is 10.2 Å². The van der Waals surface area contributed by atoms with E-state index in [0.29, 0.717) is 18.7 Å². The number of halogens is 1. The smallest absolute Gasteiger partial charge is 0.130 e. The van der Waals surface area contributed by atoms with Crippen molar-refractivity contribution in [2.24, 2.45) is 0 Å². The van der Waals surface area contributed by atoms with Gasteiger partial charge in [-0.2, -0.15) is 0 Å². The van der Waals surface area contributed by atoms with E-state index in [0.717, 1.165) is 22.9 Å². The number of hydrogen-bond donors (Lipinski definition) is 1. The predicted octanol–water partition coefficient (Wildman–Crippen LogP) is 2.91. The molecule has 1 aromatic carbocycles. The number of rotatable bonds is 5. The zero-order chi connectivity index (χ0) is 15.4. The van der Waals surface area contributed by atoms with Crippen molar-refractivity contribution >= 4 is 5.82 Å².